The van der Waals surface area contributed by atoms with Crippen molar-refractivity contribution in [3.63, 3.8) is 0 Å². The molecule has 0 unspecified atom stereocenters. The molecule has 0 N–H and O–H groups in total. The highest BCUT2D eigenvalue weighted by molar-refractivity contribution is 5.89. The predicted molar refractivity (Wildman–Crippen MR) is 125 cm³/mol. The van der Waals surface area contributed by atoms with Crippen molar-refractivity contribution in [3.05, 3.63) is 92.9 Å². The highest BCUT2D eigenvalue weighted by Crippen LogP contribution is 2.17. The van der Waals surface area contributed by atoms with Gasteiger partial charge in [-0.05, 0) is 42.7 Å². The molecule has 9 heteroatoms. The van der Waals surface area contributed by atoms with Crippen molar-refractivity contribution in [2.45, 2.75) is 32.0 Å². The standard InChI is InChI=1S/C25H24N4O5/c1-33-24(31)18-11-9-17(10-12-18)14-27-16-26-22-21(27)23(30)28(15-20-8-5-13-34-20)25(32)29(22)19-6-3-2-4-7-19/h2-4,6-7,9-12,16,20H,5,8,13-15H2,1H3/t20-/m0/s1. The molecular weight excluding hydrogens is 436 g/mol. The number of nitrogens with zero attached hydrogens (tertiary/aromatic N) is 4. The number of esters is 1. The van der Waals surface area contributed by atoms with E-state index in [1.807, 2.05) is 30.3 Å². The van der Waals surface area contributed by atoms with Crippen molar-refractivity contribution < 1.29 is 14.3 Å². The molecule has 2 aromatic carbocycles. The van der Waals surface area contributed by atoms with Crippen LogP contribution in [0, 0.1) is 0 Å². The van der Waals surface area contributed by atoms with E-state index in [9.17, 15) is 14.4 Å². The van der Waals surface area contributed by atoms with Gasteiger partial charge in [0.15, 0.2) is 11.2 Å². The fourth-order valence-electron chi connectivity index (χ4n) is 4.32. The molecule has 0 saturated carbocycles. The first-order valence-electron chi connectivity index (χ1n) is 11.1. The van der Waals surface area contributed by atoms with Crippen LogP contribution in [0.1, 0.15) is 28.8 Å². The summed E-state index contributed by atoms with van der Waals surface area (Å²) in [5.41, 5.74) is 1.74. The van der Waals surface area contributed by atoms with Crippen LogP contribution in [0.3, 0.4) is 0 Å². The van der Waals surface area contributed by atoms with E-state index >= 15 is 0 Å². The van der Waals surface area contributed by atoms with E-state index in [1.165, 1.54) is 16.2 Å². The minimum Gasteiger partial charge on any atom is -0.465 e. The van der Waals surface area contributed by atoms with Gasteiger partial charge in [-0.2, -0.15) is 0 Å². The van der Waals surface area contributed by atoms with E-state index in [0.717, 1.165) is 18.4 Å². The number of ether oxygens (including phenoxy) is 2. The van der Waals surface area contributed by atoms with Gasteiger partial charge in [0.1, 0.15) is 0 Å². The Morgan fingerprint density at radius 1 is 1.12 bits per heavy atom. The summed E-state index contributed by atoms with van der Waals surface area (Å²) in [6.07, 6.45) is 3.11. The van der Waals surface area contributed by atoms with Gasteiger partial charge < -0.3 is 14.0 Å². The normalized spacial score (nSPS) is 15.6. The Balaban J connectivity index is 1.63. The first kappa shape index (κ1) is 21.8. The van der Waals surface area contributed by atoms with E-state index in [0.29, 0.717) is 35.6 Å². The molecule has 9 nitrogen and oxygen atoms in total. The fraction of sp³-hybridized carbons (Fsp3) is 0.280. The van der Waals surface area contributed by atoms with E-state index < -0.39 is 17.2 Å². The van der Waals surface area contributed by atoms with Crippen molar-refractivity contribution in [2.24, 2.45) is 0 Å². The van der Waals surface area contributed by atoms with Crippen molar-refractivity contribution in [3.8, 4) is 5.69 Å². The molecule has 0 amide bonds. The van der Waals surface area contributed by atoms with E-state index in [-0.39, 0.29) is 12.6 Å². The molecule has 2 aromatic heterocycles. The molecule has 1 fully saturated rings. The van der Waals surface area contributed by atoms with Gasteiger partial charge in [0.05, 0.1) is 37.3 Å². The number of fused-ring (bicyclic) bond motifs is 1. The van der Waals surface area contributed by atoms with Crippen LogP contribution < -0.4 is 11.2 Å². The largest absolute Gasteiger partial charge is 0.465 e. The molecular formula is C25H24N4O5. The summed E-state index contributed by atoms with van der Waals surface area (Å²) in [5.74, 6) is -0.413. The van der Waals surface area contributed by atoms with Gasteiger partial charge in [0.25, 0.3) is 5.56 Å². The van der Waals surface area contributed by atoms with Crippen LogP contribution in [0.2, 0.25) is 0 Å². The lowest BCUT2D eigenvalue weighted by atomic mass is 10.1. The van der Waals surface area contributed by atoms with Crippen molar-refractivity contribution in [1.82, 2.24) is 18.7 Å². The summed E-state index contributed by atoms with van der Waals surface area (Å²) in [4.78, 5) is 43.2. The van der Waals surface area contributed by atoms with Crippen LogP contribution in [0.25, 0.3) is 16.9 Å². The van der Waals surface area contributed by atoms with Gasteiger partial charge in [0.2, 0.25) is 0 Å². The number of para-hydroxylation sites is 1. The Morgan fingerprint density at radius 2 is 1.88 bits per heavy atom. The van der Waals surface area contributed by atoms with Gasteiger partial charge in [-0.1, -0.05) is 30.3 Å². The van der Waals surface area contributed by atoms with E-state index in [2.05, 4.69) is 4.98 Å². The van der Waals surface area contributed by atoms with E-state index in [1.54, 1.807) is 35.2 Å². The van der Waals surface area contributed by atoms with Crippen LogP contribution in [-0.2, 0) is 22.6 Å². The number of rotatable bonds is 6. The first-order chi connectivity index (χ1) is 16.6. The third-order valence-electron chi connectivity index (χ3n) is 6.05. The summed E-state index contributed by atoms with van der Waals surface area (Å²) >= 11 is 0. The molecule has 34 heavy (non-hydrogen) atoms. The molecule has 1 atom stereocenters. The van der Waals surface area contributed by atoms with Crippen molar-refractivity contribution in [2.75, 3.05) is 13.7 Å². The lowest BCUT2D eigenvalue weighted by molar-refractivity contribution is 0.0600. The molecule has 0 bridgehead atoms. The maximum atomic E-state index is 13.5. The van der Waals surface area contributed by atoms with Crippen LogP contribution in [0.15, 0.2) is 70.5 Å². The third kappa shape index (κ3) is 3.94. The zero-order valence-corrected chi connectivity index (χ0v) is 18.7. The maximum Gasteiger partial charge on any atom is 0.337 e. The second-order valence-corrected chi connectivity index (χ2v) is 8.24. The van der Waals surface area contributed by atoms with Crippen LogP contribution in [0.5, 0.6) is 0 Å². The average Bonchev–Trinajstić information content (AvgIpc) is 3.53. The molecule has 0 spiro atoms. The number of benzene rings is 2. The lowest BCUT2D eigenvalue weighted by Gasteiger charge is -2.15. The number of aromatic nitrogens is 4. The number of carbonyl (C=O) groups excluding carboxylic acids is 1. The maximum absolute atomic E-state index is 13.5. The molecule has 1 saturated heterocycles. The molecule has 1 aliphatic heterocycles. The number of carbonyl (C=O) groups is 1. The summed E-state index contributed by atoms with van der Waals surface area (Å²) in [7, 11) is 1.34. The molecule has 174 valence electrons. The molecule has 3 heterocycles. The number of imidazole rings is 1. The Hall–Kier alpha value is -3.98. The Bertz CT molecular complexity index is 1450. The van der Waals surface area contributed by atoms with Gasteiger partial charge in [0, 0.05) is 13.2 Å². The van der Waals surface area contributed by atoms with Gasteiger partial charge in [-0.3, -0.25) is 9.36 Å². The van der Waals surface area contributed by atoms with Crippen LogP contribution in [-0.4, -0.2) is 44.5 Å². The second-order valence-electron chi connectivity index (χ2n) is 8.24. The number of methoxy groups -OCH3 is 1. The molecule has 1 aliphatic rings. The summed E-state index contributed by atoms with van der Waals surface area (Å²) in [5, 5.41) is 0. The average molecular weight is 460 g/mol. The Labute approximate surface area is 194 Å². The summed E-state index contributed by atoms with van der Waals surface area (Å²) in [6.45, 7) is 1.17. The molecule has 5 rings (SSSR count). The fourth-order valence-corrected chi connectivity index (χ4v) is 4.32. The monoisotopic (exact) mass is 460 g/mol. The third-order valence-corrected chi connectivity index (χ3v) is 6.05. The van der Waals surface area contributed by atoms with Crippen LogP contribution in [0.4, 0.5) is 0 Å². The predicted octanol–water partition coefficient (Wildman–Crippen LogP) is 2.36. The topological polar surface area (TPSA) is 97.4 Å². The molecule has 0 aliphatic carbocycles. The van der Waals surface area contributed by atoms with Crippen molar-refractivity contribution >= 4 is 17.1 Å². The quantitative estimate of drug-likeness (QED) is 0.410. The Morgan fingerprint density at radius 3 is 2.56 bits per heavy atom. The van der Waals surface area contributed by atoms with Gasteiger partial charge >= 0.3 is 11.7 Å². The van der Waals surface area contributed by atoms with Crippen molar-refractivity contribution in [1.29, 1.82) is 0 Å². The van der Waals surface area contributed by atoms with Gasteiger partial charge in [-0.15, -0.1) is 0 Å². The van der Waals surface area contributed by atoms with Gasteiger partial charge in [-0.25, -0.2) is 19.1 Å². The molecule has 4 aromatic rings. The minimum atomic E-state index is -0.438. The zero-order chi connectivity index (χ0) is 23.7. The summed E-state index contributed by atoms with van der Waals surface area (Å²) < 4.78 is 14.9. The smallest absolute Gasteiger partial charge is 0.337 e. The first-order valence-corrected chi connectivity index (χ1v) is 11.1. The Kier molecular flexibility index (Phi) is 5.85. The van der Waals surface area contributed by atoms with E-state index in [4.69, 9.17) is 9.47 Å². The van der Waals surface area contributed by atoms with Crippen LogP contribution >= 0.6 is 0 Å². The zero-order valence-electron chi connectivity index (χ0n) is 18.7. The highest BCUT2D eigenvalue weighted by atomic mass is 16.5. The molecule has 0 radical (unpaired) electrons. The second kappa shape index (κ2) is 9.11. The highest BCUT2D eigenvalue weighted by Gasteiger charge is 2.23. The SMILES string of the molecule is COC(=O)c1ccc(Cn2cnc3c2c(=O)n(C[C@@H]2CCCO2)c(=O)n3-c2ccccc2)cc1. The minimum absolute atomic E-state index is 0.172. The number of hydrogen-bond acceptors (Lipinski definition) is 6. The summed E-state index contributed by atoms with van der Waals surface area (Å²) in [6, 6.07) is 16.1. The number of hydrogen-bond donors (Lipinski definition) is 0. The lowest BCUT2D eigenvalue weighted by Crippen LogP contribution is -2.42.